The zero-order chi connectivity index (χ0) is 19.3. The molecule has 0 fully saturated rings. The molecule has 0 radical (unpaired) electrons. The van der Waals surface area contributed by atoms with Crippen molar-refractivity contribution in [1.82, 2.24) is 24.5 Å². The van der Waals surface area contributed by atoms with Gasteiger partial charge in [0.05, 0.1) is 12.1 Å². The third-order valence-electron chi connectivity index (χ3n) is 4.36. The Kier molecular flexibility index (Phi) is 4.88. The minimum Gasteiger partial charge on any atom is -0.331 e. The van der Waals surface area contributed by atoms with Crippen molar-refractivity contribution in [2.45, 2.75) is 13.5 Å². The number of pyridine rings is 1. The van der Waals surface area contributed by atoms with Gasteiger partial charge in [0.15, 0.2) is 5.82 Å². The lowest BCUT2D eigenvalue weighted by molar-refractivity contribution is 0.102. The molecule has 0 aliphatic heterocycles. The molecular weight excluding hydrogens is 352 g/mol. The van der Waals surface area contributed by atoms with Crippen molar-refractivity contribution < 1.29 is 4.79 Å². The first kappa shape index (κ1) is 17.5. The molecule has 4 rings (SSSR count). The van der Waals surface area contributed by atoms with E-state index in [4.69, 9.17) is 0 Å². The van der Waals surface area contributed by atoms with Gasteiger partial charge in [-0.2, -0.15) is 0 Å². The van der Waals surface area contributed by atoms with Gasteiger partial charge < -0.3 is 9.88 Å². The summed E-state index contributed by atoms with van der Waals surface area (Å²) in [6, 6.07) is 11.4. The number of hydrogen-bond acceptors (Lipinski definition) is 5. The Hall–Kier alpha value is -3.87. The van der Waals surface area contributed by atoms with Crippen LogP contribution in [0.5, 0.6) is 0 Å². The van der Waals surface area contributed by atoms with Crippen LogP contribution in [0.2, 0.25) is 0 Å². The van der Waals surface area contributed by atoms with Crippen LogP contribution in [0.25, 0.3) is 11.4 Å². The summed E-state index contributed by atoms with van der Waals surface area (Å²) in [6.45, 7) is 2.57. The monoisotopic (exact) mass is 370 g/mol. The molecule has 0 saturated heterocycles. The lowest BCUT2D eigenvalue weighted by atomic mass is 10.1. The van der Waals surface area contributed by atoms with Crippen LogP contribution in [0.15, 0.2) is 73.6 Å². The number of nitrogens with zero attached hydrogens (tertiary/aromatic N) is 5. The molecule has 138 valence electrons. The smallest absolute Gasteiger partial charge is 0.258 e. The van der Waals surface area contributed by atoms with Crippen LogP contribution in [0.4, 0.5) is 5.69 Å². The van der Waals surface area contributed by atoms with Crippen molar-refractivity contribution in [2.75, 3.05) is 5.32 Å². The molecule has 0 aliphatic carbocycles. The number of para-hydroxylation sites is 1. The van der Waals surface area contributed by atoms with E-state index in [2.05, 4.69) is 25.3 Å². The lowest BCUT2D eigenvalue weighted by Gasteiger charge is -2.12. The summed E-state index contributed by atoms with van der Waals surface area (Å²) in [5, 5.41) is 2.95. The molecule has 3 aromatic heterocycles. The summed E-state index contributed by atoms with van der Waals surface area (Å²) < 4.78 is 2.02. The van der Waals surface area contributed by atoms with Crippen molar-refractivity contribution >= 4 is 11.6 Å². The standard InChI is InChI=1S/C21H18N6O/c1-15-23-9-10-27(15)14-17-5-2-3-7-19(17)26-21(28)18-12-24-20(25-13-18)16-6-4-8-22-11-16/h2-13H,14H2,1H3,(H,26,28). The number of aromatic nitrogens is 5. The van der Waals surface area contributed by atoms with E-state index in [1.807, 2.05) is 54.1 Å². The molecule has 0 aliphatic rings. The lowest BCUT2D eigenvalue weighted by Crippen LogP contribution is -2.15. The number of aryl methyl sites for hydroxylation is 1. The quantitative estimate of drug-likeness (QED) is 0.582. The van der Waals surface area contributed by atoms with E-state index in [9.17, 15) is 4.79 Å². The van der Waals surface area contributed by atoms with Gasteiger partial charge in [-0.15, -0.1) is 0 Å². The number of imidazole rings is 1. The number of anilines is 1. The molecule has 0 saturated carbocycles. The predicted octanol–water partition coefficient (Wildman–Crippen LogP) is 3.34. The zero-order valence-electron chi connectivity index (χ0n) is 15.3. The summed E-state index contributed by atoms with van der Waals surface area (Å²) >= 11 is 0. The second-order valence-corrected chi connectivity index (χ2v) is 6.25. The highest BCUT2D eigenvalue weighted by molar-refractivity contribution is 6.04. The maximum absolute atomic E-state index is 12.7. The molecule has 4 aromatic rings. The van der Waals surface area contributed by atoms with Gasteiger partial charge in [-0.25, -0.2) is 15.0 Å². The number of amides is 1. The van der Waals surface area contributed by atoms with Gasteiger partial charge in [-0.3, -0.25) is 9.78 Å². The number of carbonyl (C=O) groups excluding carboxylic acids is 1. The van der Waals surface area contributed by atoms with Crippen molar-refractivity contribution in [1.29, 1.82) is 0 Å². The first-order chi connectivity index (χ1) is 13.7. The molecule has 1 N–H and O–H groups in total. The van der Waals surface area contributed by atoms with Crippen LogP contribution in [-0.2, 0) is 6.54 Å². The summed E-state index contributed by atoms with van der Waals surface area (Å²) in [7, 11) is 0. The van der Waals surface area contributed by atoms with Crippen molar-refractivity contribution in [3.8, 4) is 11.4 Å². The third kappa shape index (κ3) is 3.78. The second kappa shape index (κ2) is 7.79. The summed E-state index contributed by atoms with van der Waals surface area (Å²) in [5.41, 5.74) is 2.93. The molecule has 7 heteroatoms. The largest absolute Gasteiger partial charge is 0.331 e. The Bertz CT molecular complexity index is 1090. The minimum atomic E-state index is -0.257. The van der Waals surface area contributed by atoms with Gasteiger partial charge in [-0.05, 0) is 30.7 Å². The molecule has 0 unspecified atom stereocenters. The van der Waals surface area contributed by atoms with E-state index in [0.29, 0.717) is 17.9 Å². The highest BCUT2D eigenvalue weighted by Gasteiger charge is 2.11. The van der Waals surface area contributed by atoms with Crippen LogP contribution in [0.1, 0.15) is 21.7 Å². The Labute approximate surface area is 162 Å². The number of carbonyl (C=O) groups is 1. The van der Waals surface area contributed by atoms with E-state index in [-0.39, 0.29) is 5.91 Å². The van der Waals surface area contributed by atoms with Crippen molar-refractivity contribution in [3.63, 3.8) is 0 Å². The van der Waals surface area contributed by atoms with Crippen molar-refractivity contribution in [2.24, 2.45) is 0 Å². The summed E-state index contributed by atoms with van der Waals surface area (Å²) in [4.78, 5) is 29.5. The predicted molar refractivity (Wildman–Crippen MR) is 106 cm³/mol. The Morgan fingerprint density at radius 2 is 1.82 bits per heavy atom. The number of rotatable bonds is 5. The molecule has 0 spiro atoms. The molecule has 0 bridgehead atoms. The third-order valence-corrected chi connectivity index (χ3v) is 4.36. The van der Waals surface area contributed by atoms with Crippen molar-refractivity contribution in [3.05, 3.63) is 90.5 Å². The van der Waals surface area contributed by atoms with E-state index in [1.54, 1.807) is 18.6 Å². The van der Waals surface area contributed by atoms with Crippen LogP contribution in [-0.4, -0.2) is 30.4 Å². The fourth-order valence-electron chi connectivity index (χ4n) is 2.82. The van der Waals surface area contributed by atoms with Crippen LogP contribution in [0.3, 0.4) is 0 Å². The van der Waals surface area contributed by atoms with Crippen LogP contribution in [0, 0.1) is 6.92 Å². The summed E-state index contributed by atoms with van der Waals surface area (Å²) in [6.07, 6.45) is 10.1. The van der Waals surface area contributed by atoms with Gasteiger partial charge in [0, 0.05) is 48.4 Å². The SMILES string of the molecule is Cc1nccn1Cc1ccccc1NC(=O)c1cnc(-c2cccnc2)nc1. The van der Waals surface area contributed by atoms with Gasteiger partial charge >= 0.3 is 0 Å². The molecule has 3 heterocycles. The van der Waals surface area contributed by atoms with Crippen LogP contribution >= 0.6 is 0 Å². The maximum Gasteiger partial charge on any atom is 0.258 e. The van der Waals surface area contributed by atoms with Gasteiger partial charge in [0.2, 0.25) is 0 Å². The van der Waals surface area contributed by atoms with E-state index >= 15 is 0 Å². The Morgan fingerprint density at radius 1 is 1.00 bits per heavy atom. The summed E-state index contributed by atoms with van der Waals surface area (Å²) in [5.74, 6) is 1.19. The van der Waals surface area contributed by atoms with E-state index < -0.39 is 0 Å². The maximum atomic E-state index is 12.7. The molecule has 28 heavy (non-hydrogen) atoms. The number of hydrogen-bond donors (Lipinski definition) is 1. The Balaban J connectivity index is 1.52. The highest BCUT2D eigenvalue weighted by Crippen LogP contribution is 2.18. The van der Waals surface area contributed by atoms with E-state index in [0.717, 1.165) is 22.6 Å². The average molecular weight is 370 g/mol. The molecule has 1 amide bonds. The fraction of sp³-hybridized carbons (Fsp3) is 0.0952. The molecule has 0 atom stereocenters. The molecule has 1 aromatic carbocycles. The zero-order valence-corrected chi connectivity index (χ0v) is 15.3. The normalized spacial score (nSPS) is 10.6. The average Bonchev–Trinajstić information content (AvgIpc) is 3.14. The minimum absolute atomic E-state index is 0.257. The van der Waals surface area contributed by atoms with Gasteiger partial charge in [-0.1, -0.05) is 18.2 Å². The van der Waals surface area contributed by atoms with Gasteiger partial charge in [0.1, 0.15) is 5.82 Å². The van der Waals surface area contributed by atoms with Gasteiger partial charge in [0.25, 0.3) is 5.91 Å². The van der Waals surface area contributed by atoms with E-state index in [1.165, 1.54) is 12.4 Å². The number of benzene rings is 1. The Morgan fingerprint density at radius 3 is 2.54 bits per heavy atom. The van der Waals surface area contributed by atoms with Crippen LogP contribution < -0.4 is 5.32 Å². The molecular formula is C21H18N6O. The first-order valence-corrected chi connectivity index (χ1v) is 8.80. The first-order valence-electron chi connectivity index (χ1n) is 8.80. The fourth-order valence-corrected chi connectivity index (χ4v) is 2.82. The highest BCUT2D eigenvalue weighted by atomic mass is 16.1. The number of nitrogens with one attached hydrogen (secondary N) is 1. The second-order valence-electron chi connectivity index (χ2n) is 6.25. The topological polar surface area (TPSA) is 85.6 Å². The molecule has 7 nitrogen and oxygen atoms in total.